The average Bonchev–Trinajstić information content (AvgIpc) is 3.19. The molecule has 2 aromatic carbocycles. The van der Waals surface area contributed by atoms with E-state index in [1.807, 2.05) is 61.0 Å². The molecule has 1 amide bonds. The van der Waals surface area contributed by atoms with Crippen molar-refractivity contribution in [1.29, 1.82) is 0 Å². The maximum Gasteiger partial charge on any atom is 0.253 e. The van der Waals surface area contributed by atoms with Crippen LogP contribution < -0.4 is 4.74 Å². The minimum absolute atomic E-state index is 0.0265. The van der Waals surface area contributed by atoms with Gasteiger partial charge in [0.2, 0.25) is 0 Å². The standard InChI is InChI=1S/C24H27NO2S/c1-24(2,3)20-11-13-21(14-12-20)27-17-18-7-9-19(10-8-18)23(26)25(4)16-22-6-5-15-28-22/h5-15H,16-17H2,1-4H3. The number of rotatable bonds is 6. The Hall–Kier alpha value is -2.59. The number of nitrogens with zero attached hydrogens (tertiary/aromatic N) is 1. The van der Waals surface area contributed by atoms with Crippen molar-refractivity contribution in [2.24, 2.45) is 0 Å². The van der Waals surface area contributed by atoms with E-state index >= 15 is 0 Å². The lowest BCUT2D eigenvalue weighted by molar-refractivity contribution is 0.0786. The number of carbonyl (C=O) groups excluding carboxylic acids is 1. The van der Waals surface area contributed by atoms with Crippen molar-refractivity contribution in [1.82, 2.24) is 4.90 Å². The van der Waals surface area contributed by atoms with E-state index in [1.54, 1.807) is 16.2 Å². The molecular weight excluding hydrogens is 366 g/mol. The van der Waals surface area contributed by atoms with Gasteiger partial charge in [-0.3, -0.25) is 4.79 Å². The van der Waals surface area contributed by atoms with Crippen LogP contribution in [0.1, 0.15) is 47.1 Å². The van der Waals surface area contributed by atoms with Crippen molar-refractivity contribution in [2.45, 2.75) is 39.3 Å². The molecule has 146 valence electrons. The second-order valence-electron chi connectivity index (χ2n) is 8.00. The Morgan fingerprint density at radius 3 is 2.25 bits per heavy atom. The lowest BCUT2D eigenvalue weighted by Gasteiger charge is -2.19. The summed E-state index contributed by atoms with van der Waals surface area (Å²) in [5.74, 6) is 0.877. The lowest BCUT2D eigenvalue weighted by Crippen LogP contribution is -2.25. The molecule has 0 spiro atoms. The zero-order valence-corrected chi connectivity index (χ0v) is 17.8. The fraction of sp³-hybridized carbons (Fsp3) is 0.292. The Balaban J connectivity index is 1.56. The molecule has 28 heavy (non-hydrogen) atoms. The smallest absolute Gasteiger partial charge is 0.253 e. The summed E-state index contributed by atoms with van der Waals surface area (Å²) in [6.07, 6.45) is 0. The minimum Gasteiger partial charge on any atom is -0.489 e. The van der Waals surface area contributed by atoms with Crippen LogP contribution in [-0.2, 0) is 18.6 Å². The second-order valence-corrected chi connectivity index (χ2v) is 9.03. The first-order chi connectivity index (χ1) is 13.3. The Labute approximate surface area is 171 Å². The van der Waals surface area contributed by atoms with Crippen LogP contribution in [0.2, 0.25) is 0 Å². The average molecular weight is 394 g/mol. The van der Waals surface area contributed by atoms with Crippen LogP contribution in [0.15, 0.2) is 66.0 Å². The molecule has 0 radical (unpaired) electrons. The zero-order valence-electron chi connectivity index (χ0n) is 16.9. The molecule has 3 aromatic rings. The highest BCUT2D eigenvalue weighted by Crippen LogP contribution is 2.24. The molecule has 0 unspecified atom stereocenters. The molecule has 0 bridgehead atoms. The van der Waals surface area contributed by atoms with Crippen molar-refractivity contribution in [3.05, 3.63) is 87.6 Å². The quantitative estimate of drug-likeness (QED) is 0.522. The summed E-state index contributed by atoms with van der Waals surface area (Å²) in [5, 5.41) is 2.03. The van der Waals surface area contributed by atoms with E-state index in [-0.39, 0.29) is 11.3 Å². The van der Waals surface area contributed by atoms with Crippen LogP contribution in [0.5, 0.6) is 5.75 Å². The first kappa shape index (κ1) is 20.2. The van der Waals surface area contributed by atoms with E-state index in [9.17, 15) is 4.79 Å². The van der Waals surface area contributed by atoms with Gasteiger partial charge in [0, 0.05) is 17.5 Å². The van der Waals surface area contributed by atoms with Crippen LogP contribution in [0.3, 0.4) is 0 Å². The van der Waals surface area contributed by atoms with Gasteiger partial charge in [0.25, 0.3) is 5.91 Å². The topological polar surface area (TPSA) is 29.5 Å². The van der Waals surface area contributed by atoms with Crippen molar-refractivity contribution in [3.8, 4) is 5.75 Å². The van der Waals surface area contributed by atoms with Crippen LogP contribution in [0.4, 0.5) is 0 Å². The molecule has 3 rings (SSSR count). The Morgan fingerprint density at radius 1 is 1.00 bits per heavy atom. The SMILES string of the molecule is CN(Cc1cccs1)C(=O)c1ccc(COc2ccc(C(C)(C)C)cc2)cc1. The summed E-state index contributed by atoms with van der Waals surface area (Å²) in [6.45, 7) is 7.71. The van der Waals surface area contributed by atoms with Crippen LogP contribution >= 0.6 is 11.3 Å². The van der Waals surface area contributed by atoms with Gasteiger partial charge in [-0.1, -0.05) is 51.1 Å². The minimum atomic E-state index is 0.0265. The highest BCUT2D eigenvalue weighted by Gasteiger charge is 2.14. The fourth-order valence-corrected chi connectivity index (χ4v) is 3.65. The fourth-order valence-electron chi connectivity index (χ4n) is 2.89. The molecule has 3 nitrogen and oxygen atoms in total. The van der Waals surface area contributed by atoms with E-state index in [2.05, 4.69) is 32.9 Å². The van der Waals surface area contributed by atoms with Crippen molar-refractivity contribution < 1.29 is 9.53 Å². The molecule has 0 N–H and O–H groups in total. The molecule has 0 aliphatic heterocycles. The second kappa shape index (κ2) is 8.61. The molecule has 0 atom stereocenters. The van der Waals surface area contributed by atoms with Gasteiger partial charge in [0.15, 0.2) is 0 Å². The maximum atomic E-state index is 12.6. The number of amides is 1. The first-order valence-electron chi connectivity index (χ1n) is 9.43. The van der Waals surface area contributed by atoms with Gasteiger partial charge in [-0.2, -0.15) is 0 Å². The number of hydrogen-bond donors (Lipinski definition) is 0. The Bertz CT molecular complexity index is 891. The van der Waals surface area contributed by atoms with Gasteiger partial charge >= 0.3 is 0 Å². The Morgan fingerprint density at radius 2 is 1.68 bits per heavy atom. The third-order valence-corrected chi connectivity index (χ3v) is 5.51. The predicted octanol–water partition coefficient (Wildman–Crippen LogP) is 5.90. The van der Waals surface area contributed by atoms with Gasteiger partial charge in [0.1, 0.15) is 12.4 Å². The molecule has 0 aliphatic rings. The number of ether oxygens (including phenoxy) is 1. The molecule has 1 aromatic heterocycles. The summed E-state index contributed by atoms with van der Waals surface area (Å²) < 4.78 is 5.88. The number of thiophene rings is 1. The number of hydrogen-bond acceptors (Lipinski definition) is 3. The number of benzene rings is 2. The third-order valence-electron chi connectivity index (χ3n) is 4.65. The molecule has 0 aliphatic carbocycles. The zero-order chi connectivity index (χ0) is 20.1. The molecular formula is C24H27NO2S. The van der Waals surface area contributed by atoms with Crippen LogP contribution in [0, 0.1) is 0 Å². The summed E-state index contributed by atoms with van der Waals surface area (Å²) in [5.41, 5.74) is 3.15. The van der Waals surface area contributed by atoms with Crippen molar-refractivity contribution in [2.75, 3.05) is 7.05 Å². The van der Waals surface area contributed by atoms with Crippen molar-refractivity contribution >= 4 is 17.2 Å². The third kappa shape index (κ3) is 5.23. The monoisotopic (exact) mass is 393 g/mol. The van der Waals surface area contributed by atoms with Gasteiger partial charge in [-0.15, -0.1) is 11.3 Å². The molecule has 4 heteroatoms. The van der Waals surface area contributed by atoms with Crippen molar-refractivity contribution in [3.63, 3.8) is 0 Å². The van der Waals surface area contributed by atoms with E-state index in [0.717, 1.165) is 11.3 Å². The molecule has 0 saturated carbocycles. The van der Waals surface area contributed by atoms with E-state index < -0.39 is 0 Å². The summed E-state index contributed by atoms with van der Waals surface area (Å²) in [4.78, 5) is 15.5. The molecule has 0 fully saturated rings. The van der Waals surface area contributed by atoms with Crippen LogP contribution in [0.25, 0.3) is 0 Å². The van der Waals surface area contributed by atoms with E-state index in [1.165, 1.54) is 10.4 Å². The Kier molecular flexibility index (Phi) is 6.20. The molecule has 0 saturated heterocycles. The van der Waals surface area contributed by atoms with Gasteiger partial charge in [-0.25, -0.2) is 0 Å². The predicted molar refractivity (Wildman–Crippen MR) is 116 cm³/mol. The first-order valence-corrected chi connectivity index (χ1v) is 10.3. The normalized spacial score (nSPS) is 11.3. The summed E-state index contributed by atoms with van der Waals surface area (Å²) >= 11 is 1.66. The summed E-state index contributed by atoms with van der Waals surface area (Å²) in [6, 6.07) is 19.9. The van der Waals surface area contributed by atoms with Gasteiger partial charge in [0.05, 0.1) is 6.54 Å². The molecule has 1 heterocycles. The van der Waals surface area contributed by atoms with Gasteiger partial charge < -0.3 is 9.64 Å². The van der Waals surface area contributed by atoms with Crippen LogP contribution in [-0.4, -0.2) is 17.9 Å². The largest absolute Gasteiger partial charge is 0.489 e. The lowest BCUT2D eigenvalue weighted by atomic mass is 9.87. The van der Waals surface area contributed by atoms with E-state index in [4.69, 9.17) is 4.74 Å². The van der Waals surface area contributed by atoms with Gasteiger partial charge in [-0.05, 0) is 52.3 Å². The van der Waals surface area contributed by atoms with E-state index in [0.29, 0.717) is 18.7 Å². The maximum absolute atomic E-state index is 12.6. The number of carbonyl (C=O) groups is 1. The highest BCUT2D eigenvalue weighted by atomic mass is 32.1. The highest BCUT2D eigenvalue weighted by molar-refractivity contribution is 7.09. The summed E-state index contributed by atoms with van der Waals surface area (Å²) in [7, 11) is 1.83.